The third-order valence-corrected chi connectivity index (χ3v) is 6.92. The van der Waals surface area contributed by atoms with Gasteiger partial charge in [0.1, 0.15) is 6.29 Å². The molecule has 1 atom stereocenters. The van der Waals surface area contributed by atoms with E-state index in [-0.39, 0.29) is 10.5 Å². The molecular weight excluding hydrogens is 448 g/mol. The second kappa shape index (κ2) is 9.89. The third kappa shape index (κ3) is 5.32. The van der Waals surface area contributed by atoms with Crippen LogP contribution in [0.3, 0.4) is 0 Å². The van der Waals surface area contributed by atoms with Crippen LogP contribution in [0.4, 0.5) is 5.69 Å². The summed E-state index contributed by atoms with van der Waals surface area (Å²) in [6, 6.07) is 25.9. The Bertz CT molecular complexity index is 1450. The summed E-state index contributed by atoms with van der Waals surface area (Å²) >= 11 is 0. The molecule has 0 aliphatic rings. The van der Waals surface area contributed by atoms with Gasteiger partial charge in [0.05, 0.1) is 10.9 Å². The topological polar surface area (TPSA) is 92.3 Å². The van der Waals surface area contributed by atoms with Crippen molar-refractivity contribution in [2.24, 2.45) is 0 Å². The van der Waals surface area contributed by atoms with Gasteiger partial charge in [-0.3, -0.25) is 9.52 Å². The molecule has 0 radical (unpaired) electrons. The normalized spacial score (nSPS) is 12.1. The second-order valence-corrected chi connectivity index (χ2v) is 9.73. The fraction of sp³-hybridized carbons (Fsp3) is 0.111. The lowest BCUT2D eigenvalue weighted by Crippen LogP contribution is -2.38. The van der Waals surface area contributed by atoms with Crippen molar-refractivity contribution in [3.8, 4) is 0 Å². The molecule has 0 aromatic heterocycles. The first-order chi connectivity index (χ1) is 16.4. The van der Waals surface area contributed by atoms with Crippen molar-refractivity contribution in [1.29, 1.82) is 0 Å². The Balaban J connectivity index is 1.55. The number of nitrogens with one attached hydrogen (secondary N) is 2. The lowest BCUT2D eigenvalue weighted by Gasteiger charge is -2.15. The minimum atomic E-state index is -3.94. The molecule has 0 fully saturated rings. The van der Waals surface area contributed by atoms with E-state index in [1.54, 1.807) is 25.1 Å². The number of hydrogen-bond acceptors (Lipinski definition) is 4. The van der Waals surface area contributed by atoms with Gasteiger partial charge in [-0.25, -0.2) is 8.42 Å². The van der Waals surface area contributed by atoms with Crippen LogP contribution in [0.1, 0.15) is 21.5 Å². The Kier molecular flexibility index (Phi) is 6.75. The second-order valence-electron chi connectivity index (χ2n) is 8.05. The number of benzene rings is 4. The predicted molar refractivity (Wildman–Crippen MR) is 133 cm³/mol. The third-order valence-electron chi connectivity index (χ3n) is 5.54. The summed E-state index contributed by atoms with van der Waals surface area (Å²) < 4.78 is 28.7. The first-order valence-corrected chi connectivity index (χ1v) is 12.3. The zero-order valence-electron chi connectivity index (χ0n) is 18.6. The number of rotatable bonds is 8. The number of amides is 1. The van der Waals surface area contributed by atoms with Crippen LogP contribution >= 0.6 is 0 Å². The van der Waals surface area contributed by atoms with Crippen molar-refractivity contribution >= 4 is 38.7 Å². The van der Waals surface area contributed by atoms with Crippen LogP contribution in [0.5, 0.6) is 0 Å². The molecule has 4 aromatic rings. The molecule has 0 aliphatic heterocycles. The van der Waals surface area contributed by atoms with E-state index in [1.807, 2.05) is 60.7 Å². The molecule has 1 amide bonds. The molecule has 0 saturated heterocycles. The van der Waals surface area contributed by atoms with Crippen LogP contribution in [0.15, 0.2) is 95.9 Å². The molecule has 0 unspecified atom stereocenters. The van der Waals surface area contributed by atoms with Gasteiger partial charge in [0, 0.05) is 11.3 Å². The van der Waals surface area contributed by atoms with Crippen molar-refractivity contribution in [2.75, 3.05) is 4.72 Å². The molecule has 6 nitrogen and oxygen atoms in total. The van der Waals surface area contributed by atoms with Crippen LogP contribution in [-0.4, -0.2) is 26.7 Å². The Morgan fingerprint density at radius 2 is 1.59 bits per heavy atom. The minimum Gasteiger partial charge on any atom is -0.342 e. The maximum Gasteiger partial charge on any atom is 0.261 e. The van der Waals surface area contributed by atoms with Gasteiger partial charge in [-0.15, -0.1) is 0 Å². The highest BCUT2D eigenvalue weighted by atomic mass is 32.2. The van der Waals surface area contributed by atoms with E-state index in [1.165, 1.54) is 12.1 Å². The highest BCUT2D eigenvalue weighted by molar-refractivity contribution is 7.92. The SMILES string of the molecule is Cc1ccc(S(=O)(=O)Nc2ccc3ccccc3c2)cc1C(=O)N[C@H](C=O)Cc1ccccc1. The standard InChI is InChI=1S/C27H24N2O4S/c1-19-11-14-25(34(32,33)29-23-13-12-21-9-5-6-10-22(21)16-23)17-26(19)27(31)28-24(18-30)15-20-7-3-2-4-8-20/h2-14,16-18,24,29H,15H2,1H3,(H,28,31)/t24-/m0/s1. The van der Waals surface area contributed by atoms with Gasteiger partial charge in [-0.2, -0.15) is 0 Å². The molecule has 2 N–H and O–H groups in total. The van der Waals surface area contributed by atoms with E-state index >= 15 is 0 Å². The average Bonchev–Trinajstić information content (AvgIpc) is 2.84. The van der Waals surface area contributed by atoms with E-state index in [0.29, 0.717) is 24.0 Å². The molecule has 7 heteroatoms. The van der Waals surface area contributed by atoms with E-state index in [2.05, 4.69) is 10.0 Å². The Hall–Kier alpha value is -3.97. The smallest absolute Gasteiger partial charge is 0.261 e. The van der Waals surface area contributed by atoms with Crippen molar-refractivity contribution in [1.82, 2.24) is 5.32 Å². The molecule has 34 heavy (non-hydrogen) atoms. The van der Waals surface area contributed by atoms with E-state index < -0.39 is 22.0 Å². The van der Waals surface area contributed by atoms with Gasteiger partial charge < -0.3 is 10.1 Å². The van der Waals surface area contributed by atoms with Crippen LogP contribution < -0.4 is 10.0 Å². The van der Waals surface area contributed by atoms with Crippen molar-refractivity contribution < 1.29 is 18.0 Å². The average molecular weight is 473 g/mol. The molecule has 0 aliphatic carbocycles. The molecule has 172 valence electrons. The maximum absolute atomic E-state index is 13.0. The summed E-state index contributed by atoms with van der Waals surface area (Å²) in [5.41, 5.74) is 2.13. The number of carbonyl (C=O) groups is 2. The van der Waals surface area contributed by atoms with Crippen LogP contribution in [0.25, 0.3) is 10.8 Å². The van der Waals surface area contributed by atoms with Crippen LogP contribution in [0.2, 0.25) is 0 Å². The summed E-state index contributed by atoms with van der Waals surface area (Å²) in [7, 11) is -3.94. The maximum atomic E-state index is 13.0. The summed E-state index contributed by atoms with van der Waals surface area (Å²) in [6.45, 7) is 1.72. The lowest BCUT2D eigenvalue weighted by molar-refractivity contribution is -0.109. The molecule has 0 heterocycles. The zero-order valence-corrected chi connectivity index (χ0v) is 19.4. The Labute approximate surface area is 198 Å². The fourth-order valence-electron chi connectivity index (χ4n) is 3.73. The molecule has 4 rings (SSSR count). The lowest BCUT2D eigenvalue weighted by atomic mass is 10.0. The highest BCUT2D eigenvalue weighted by Gasteiger charge is 2.20. The fourth-order valence-corrected chi connectivity index (χ4v) is 4.80. The number of anilines is 1. The number of hydrogen-bond donors (Lipinski definition) is 2. The molecule has 4 aromatic carbocycles. The van der Waals surface area contributed by atoms with Gasteiger partial charge >= 0.3 is 0 Å². The minimum absolute atomic E-state index is 0.0397. The van der Waals surface area contributed by atoms with E-state index in [4.69, 9.17) is 0 Å². The predicted octanol–water partition coefficient (Wildman–Crippen LogP) is 4.49. The van der Waals surface area contributed by atoms with Gasteiger partial charge in [0.2, 0.25) is 0 Å². The summed E-state index contributed by atoms with van der Waals surface area (Å²) in [4.78, 5) is 24.4. The van der Waals surface area contributed by atoms with Gasteiger partial charge in [-0.05, 0) is 59.5 Å². The summed E-state index contributed by atoms with van der Waals surface area (Å²) in [5.74, 6) is -0.506. The highest BCUT2D eigenvalue weighted by Crippen LogP contribution is 2.23. The van der Waals surface area contributed by atoms with E-state index in [9.17, 15) is 18.0 Å². The van der Waals surface area contributed by atoms with Gasteiger partial charge in [0.15, 0.2) is 0 Å². The van der Waals surface area contributed by atoms with Gasteiger partial charge in [-0.1, -0.05) is 66.7 Å². The monoisotopic (exact) mass is 472 g/mol. The Morgan fingerprint density at radius 3 is 2.32 bits per heavy atom. The van der Waals surface area contributed by atoms with Crippen molar-refractivity contribution in [3.63, 3.8) is 0 Å². The number of sulfonamides is 1. The summed E-state index contributed by atoms with van der Waals surface area (Å²) in [5, 5.41) is 4.61. The Morgan fingerprint density at radius 1 is 0.882 bits per heavy atom. The van der Waals surface area contributed by atoms with Gasteiger partial charge in [0.25, 0.3) is 15.9 Å². The number of fused-ring (bicyclic) bond motifs is 1. The largest absolute Gasteiger partial charge is 0.342 e. The quantitative estimate of drug-likeness (QED) is 0.370. The number of aldehydes is 1. The van der Waals surface area contributed by atoms with Crippen molar-refractivity contribution in [2.45, 2.75) is 24.3 Å². The van der Waals surface area contributed by atoms with Crippen LogP contribution in [-0.2, 0) is 21.2 Å². The van der Waals surface area contributed by atoms with E-state index in [0.717, 1.165) is 16.3 Å². The number of aryl methyl sites for hydroxylation is 1. The number of carbonyl (C=O) groups excluding carboxylic acids is 2. The first-order valence-electron chi connectivity index (χ1n) is 10.8. The zero-order chi connectivity index (χ0) is 24.1. The first kappa shape index (κ1) is 23.2. The van der Waals surface area contributed by atoms with Crippen molar-refractivity contribution in [3.05, 3.63) is 108 Å². The molecule has 0 spiro atoms. The molecule has 0 saturated carbocycles. The molecule has 0 bridgehead atoms. The molecular formula is C27H24N2O4S. The summed E-state index contributed by atoms with van der Waals surface area (Å²) in [6.07, 6.45) is 1.03. The van der Waals surface area contributed by atoms with Crippen LogP contribution in [0, 0.1) is 6.92 Å².